The Balaban J connectivity index is 4.58. The average molecular weight is 368 g/mol. The van der Waals surface area contributed by atoms with Crippen molar-refractivity contribution in [3.05, 3.63) is 9.19 Å². The average Bonchev–Trinajstić information content (AvgIpc) is 2.32. The second kappa shape index (κ2) is 10.9. The van der Waals surface area contributed by atoms with Crippen molar-refractivity contribution < 1.29 is 9.53 Å². The van der Waals surface area contributed by atoms with Crippen molar-refractivity contribution in [2.45, 2.75) is 77.3 Å². The maximum absolute atomic E-state index is 11.0. The molecule has 0 N–H and O–H groups in total. The fourth-order valence-corrected chi connectivity index (χ4v) is 5.51. The van der Waals surface area contributed by atoms with E-state index in [0.29, 0.717) is 0 Å². The molecular weight excluding hydrogens is 340 g/mol. The Bertz CT molecular complexity index is 272. The van der Waals surface area contributed by atoms with E-state index < -0.39 is 0 Å². The summed E-state index contributed by atoms with van der Waals surface area (Å²) in [4.78, 5) is 11.0. The molecule has 0 aliphatic heterocycles. The number of carbonyl (C=O) groups excluding carboxylic acids is 1. The fourth-order valence-electron chi connectivity index (χ4n) is 1.62. The molecule has 0 heterocycles. The van der Waals surface area contributed by atoms with E-state index in [0.717, 1.165) is 0 Å². The first kappa shape index (κ1) is 18.0. The van der Waals surface area contributed by atoms with Gasteiger partial charge in [-0.3, -0.25) is 0 Å². The Kier molecular flexibility index (Phi) is 10.9. The van der Waals surface area contributed by atoms with Crippen LogP contribution in [0, 0.1) is 0 Å². The Morgan fingerprint density at radius 1 is 1.17 bits per heavy atom. The molecule has 0 aromatic rings. The van der Waals surface area contributed by atoms with E-state index in [1.165, 1.54) is 49.1 Å². The molecule has 3 heteroatoms. The molecule has 0 amide bonds. The zero-order valence-corrected chi connectivity index (χ0v) is 14.9. The summed E-state index contributed by atoms with van der Waals surface area (Å²) >= 11 is -0.0586. The summed E-state index contributed by atoms with van der Waals surface area (Å²) < 4.78 is 8.31. The first-order chi connectivity index (χ1) is 8.52. The number of esters is 1. The van der Waals surface area contributed by atoms with E-state index in [2.05, 4.69) is 20.8 Å². The number of rotatable bonds is 9. The van der Waals surface area contributed by atoms with E-state index in [9.17, 15) is 4.79 Å². The predicted molar refractivity (Wildman–Crippen MR) is 78.9 cm³/mol. The quantitative estimate of drug-likeness (QED) is 0.344. The minimum absolute atomic E-state index is 0.0407. The summed E-state index contributed by atoms with van der Waals surface area (Å²) in [5, 5.41) is 0. The molecule has 0 rings (SSSR count). The molecule has 0 saturated carbocycles. The van der Waals surface area contributed by atoms with Crippen LogP contribution in [0.4, 0.5) is 0 Å². The molecule has 0 aromatic heterocycles. The monoisotopic (exact) mass is 370 g/mol. The molecule has 0 bridgehead atoms. The number of carbonyl (C=O) groups is 1. The van der Waals surface area contributed by atoms with Gasteiger partial charge in [0, 0.05) is 0 Å². The van der Waals surface area contributed by atoms with Gasteiger partial charge in [-0.25, -0.2) is 0 Å². The van der Waals surface area contributed by atoms with Crippen LogP contribution in [0.25, 0.3) is 0 Å². The minimum atomic E-state index is -0.175. The van der Waals surface area contributed by atoms with Gasteiger partial charge in [0.25, 0.3) is 0 Å². The van der Waals surface area contributed by atoms with E-state index in [-0.39, 0.29) is 33.0 Å². The first-order valence-corrected chi connectivity index (χ1v) is 9.83. The fraction of sp³-hybridized carbons (Fsp3) is 0.800. The topological polar surface area (TPSA) is 26.3 Å². The molecule has 0 aliphatic carbocycles. The van der Waals surface area contributed by atoms with Gasteiger partial charge in [-0.1, -0.05) is 0 Å². The third-order valence-electron chi connectivity index (χ3n) is 2.92. The van der Waals surface area contributed by atoms with Crippen molar-refractivity contribution in [1.82, 2.24) is 0 Å². The van der Waals surface area contributed by atoms with Crippen molar-refractivity contribution >= 4 is 26.9 Å². The molecular formula is C15H28O2Te. The third-order valence-corrected chi connectivity index (χ3v) is 6.83. The van der Waals surface area contributed by atoms with Crippen molar-refractivity contribution in [1.29, 1.82) is 0 Å². The second-order valence-corrected chi connectivity index (χ2v) is 8.06. The zero-order chi connectivity index (χ0) is 14.0. The van der Waals surface area contributed by atoms with Crippen LogP contribution in [0.2, 0.25) is 4.47 Å². The van der Waals surface area contributed by atoms with Gasteiger partial charge in [-0.05, 0) is 0 Å². The van der Waals surface area contributed by atoms with Crippen LogP contribution in [0.15, 0.2) is 9.19 Å². The van der Waals surface area contributed by atoms with Gasteiger partial charge in [-0.2, -0.15) is 0 Å². The molecule has 2 nitrogen and oxygen atoms in total. The molecule has 0 aromatic carbocycles. The Hall–Kier alpha value is -0.000390. The first-order valence-electron chi connectivity index (χ1n) is 7.02. The van der Waals surface area contributed by atoms with Crippen molar-refractivity contribution in [2.75, 3.05) is 0 Å². The second-order valence-electron chi connectivity index (χ2n) is 4.66. The predicted octanol–water partition coefficient (Wildman–Crippen LogP) is 4.32. The SMILES string of the molecule is CCCC[Te]/C(CCCC)=C(\C)[C@@H](C)OC(C)=O. The molecule has 0 spiro atoms. The van der Waals surface area contributed by atoms with Gasteiger partial charge in [0.05, 0.1) is 0 Å². The third kappa shape index (κ3) is 8.16. The molecule has 0 saturated heterocycles. The van der Waals surface area contributed by atoms with Crippen LogP contribution < -0.4 is 0 Å². The molecule has 0 unspecified atom stereocenters. The Morgan fingerprint density at radius 2 is 1.78 bits per heavy atom. The van der Waals surface area contributed by atoms with E-state index in [1.807, 2.05) is 6.92 Å². The standard InChI is InChI=1S/C15H28O2Te/c1-6-8-10-15(18-11-9-7-2)12(3)13(4)17-14(5)16/h13H,6-11H2,1-5H3/b15-12+/t13-/m1/s1. The van der Waals surface area contributed by atoms with Gasteiger partial charge >= 0.3 is 123 Å². The van der Waals surface area contributed by atoms with Gasteiger partial charge in [0.1, 0.15) is 0 Å². The molecule has 18 heavy (non-hydrogen) atoms. The van der Waals surface area contributed by atoms with Gasteiger partial charge < -0.3 is 0 Å². The van der Waals surface area contributed by atoms with Crippen LogP contribution in [0.5, 0.6) is 0 Å². The number of ether oxygens (including phenoxy) is 1. The number of allylic oxidation sites excluding steroid dienone is 1. The van der Waals surface area contributed by atoms with Crippen LogP contribution in [-0.4, -0.2) is 33.0 Å². The molecule has 106 valence electrons. The van der Waals surface area contributed by atoms with Gasteiger partial charge in [0.15, 0.2) is 0 Å². The summed E-state index contributed by atoms with van der Waals surface area (Å²) in [6.45, 7) is 10.1. The Morgan fingerprint density at radius 3 is 2.28 bits per heavy atom. The summed E-state index contributed by atoms with van der Waals surface area (Å²) in [5.41, 5.74) is 1.32. The number of hydrogen-bond acceptors (Lipinski definition) is 2. The summed E-state index contributed by atoms with van der Waals surface area (Å²) in [6.07, 6.45) is 6.29. The summed E-state index contributed by atoms with van der Waals surface area (Å²) in [7, 11) is 0. The number of unbranched alkanes of at least 4 members (excludes halogenated alkanes) is 2. The summed E-state index contributed by atoms with van der Waals surface area (Å²) in [5.74, 6) is -0.175. The van der Waals surface area contributed by atoms with Crippen LogP contribution in [0.3, 0.4) is 0 Å². The summed E-state index contributed by atoms with van der Waals surface area (Å²) in [6, 6.07) is 0. The molecule has 0 radical (unpaired) electrons. The van der Waals surface area contributed by atoms with Gasteiger partial charge in [0.2, 0.25) is 0 Å². The Labute approximate surface area is 123 Å². The van der Waals surface area contributed by atoms with Crippen molar-refractivity contribution in [3.63, 3.8) is 0 Å². The van der Waals surface area contributed by atoms with E-state index >= 15 is 0 Å². The normalized spacial score (nSPS) is 14.1. The van der Waals surface area contributed by atoms with Crippen molar-refractivity contribution in [2.24, 2.45) is 0 Å². The maximum atomic E-state index is 11.0. The van der Waals surface area contributed by atoms with Crippen LogP contribution in [0.1, 0.15) is 66.7 Å². The van der Waals surface area contributed by atoms with E-state index in [4.69, 9.17) is 4.74 Å². The number of hydrogen-bond donors (Lipinski definition) is 0. The zero-order valence-electron chi connectivity index (χ0n) is 12.5. The van der Waals surface area contributed by atoms with Crippen LogP contribution >= 0.6 is 0 Å². The van der Waals surface area contributed by atoms with Crippen molar-refractivity contribution in [3.8, 4) is 0 Å². The molecule has 0 fully saturated rings. The molecule has 1 atom stereocenters. The van der Waals surface area contributed by atoms with Gasteiger partial charge in [-0.15, -0.1) is 0 Å². The van der Waals surface area contributed by atoms with Crippen LogP contribution in [-0.2, 0) is 9.53 Å². The molecule has 0 aliphatic rings. The van der Waals surface area contributed by atoms with E-state index in [1.54, 1.807) is 3.62 Å².